The van der Waals surface area contributed by atoms with Crippen LogP contribution in [0.4, 0.5) is 17.1 Å². The monoisotopic (exact) mass is 1010 g/mol. The number of anilines is 3. The number of aromatic nitrogens is 2. The predicted octanol–water partition coefficient (Wildman–Crippen LogP) is 20.6. The molecule has 13 aromatic rings. The third kappa shape index (κ3) is 9.63. The Bertz CT molecular complexity index is 3880. The van der Waals surface area contributed by atoms with Crippen molar-refractivity contribution in [2.24, 2.45) is 0 Å². The van der Waals surface area contributed by atoms with E-state index in [9.17, 15) is 0 Å². The van der Waals surface area contributed by atoms with Gasteiger partial charge in [-0.15, -0.1) is 0 Å². The zero-order chi connectivity index (χ0) is 52.7. The van der Waals surface area contributed by atoms with Crippen molar-refractivity contribution in [3.8, 4) is 112 Å². The minimum Gasteiger partial charge on any atom is -0.311 e. The maximum atomic E-state index is 5.76. The van der Waals surface area contributed by atoms with E-state index in [-0.39, 0.29) is 0 Å². The summed E-state index contributed by atoms with van der Waals surface area (Å²) in [6, 6.07) is 114. The number of hydrogen-bond acceptors (Lipinski definition) is 3. The summed E-state index contributed by atoms with van der Waals surface area (Å²) in [4.78, 5) is 13.9. The number of pyridine rings is 2. The second-order valence-electron chi connectivity index (χ2n) is 19.6. The van der Waals surface area contributed by atoms with E-state index >= 15 is 0 Å². The molecule has 0 atom stereocenters. The van der Waals surface area contributed by atoms with Gasteiger partial charge in [0.2, 0.25) is 0 Å². The molecule has 0 fully saturated rings. The minimum atomic E-state index is 0.912. The molecule has 0 spiro atoms. The van der Waals surface area contributed by atoms with Crippen LogP contribution in [0, 0.1) is 0 Å². The van der Waals surface area contributed by atoms with Gasteiger partial charge in [0.05, 0.1) is 22.8 Å². The van der Waals surface area contributed by atoms with Gasteiger partial charge in [0.25, 0.3) is 0 Å². The maximum Gasteiger partial charge on any atom is 0.0794 e. The molecule has 2 aromatic heterocycles. The van der Waals surface area contributed by atoms with Gasteiger partial charge in [-0.2, -0.15) is 0 Å². The Kier molecular flexibility index (Phi) is 13.4. The average Bonchev–Trinajstić information content (AvgIpc) is 3.73. The lowest BCUT2D eigenvalue weighted by atomic mass is 9.83. The summed E-state index contributed by atoms with van der Waals surface area (Å²) < 4.78 is 0. The highest BCUT2D eigenvalue weighted by atomic mass is 15.1. The van der Waals surface area contributed by atoms with E-state index in [1.54, 1.807) is 0 Å². The second-order valence-corrected chi connectivity index (χ2v) is 19.6. The molecule has 13 rings (SSSR count). The standard InChI is InChI=1S/C76H53N3/c1-10-28-54(29-11-1)67-69(56-32-14-3-15-33-56)73(60-40-22-7-23-41-60)77-75(71(67)58-36-18-5-19-37-58)62-46-50-65(51-47-62)79(64-44-26-9-27-45-64)66-52-48-63(49-53-66)76-72(59-38-20-6-21-39-59)68(55-30-12-2-13-31-55)70(57-34-16-4-17-35-57)74(78-76)61-42-24-8-25-43-61/h1-53H. The van der Waals surface area contributed by atoms with Crippen LogP contribution < -0.4 is 4.90 Å². The molecule has 0 saturated carbocycles. The third-order valence-electron chi connectivity index (χ3n) is 14.7. The van der Waals surface area contributed by atoms with Crippen LogP contribution >= 0.6 is 0 Å². The fourth-order valence-corrected chi connectivity index (χ4v) is 11.1. The molecular formula is C76H53N3. The molecule has 79 heavy (non-hydrogen) atoms. The SMILES string of the molecule is c1ccc(-c2nc(-c3ccc(N(c4ccccc4)c4ccc(-c5nc(-c6ccccc6)c(-c6ccccc6)c(-c6ccccc6)c5-c5ccccc5)cc4)cc3)c(-c3ccccc3)c(-c3ccccc3)c2-c2ccccc2)cc1. The molecule has 11 aromatic carbocycles. The van der Waals surface area contributed by atoms with E-state index in [1.165, 1.54) is 0 Å². The van der Waals surface area contributed by atoms with E-state index in [4.69, 9.17) is 9.97 Å². The van der Waals surface area contributed by atoms with Gasteiger partial charge in [-0.1, -0.05) is 285 Å². The third-order valence-corrected chi connectivity index (χ3v) is 14.7. The molecule has 0 radical (unpaired) electrons. The van der Waals surface area contributed by atoms with Gasteiger partial charge in [-0.3, -0.25) is 0 Å². The summed E-state index contributed by atoms with van der Waals surface area (Å²) in [5.74, 6) is 0. The summed E-state index contributed by atoms with van der Waals surface area (Å²) in [6.07, 6.45) is 0. The van der Waals surface area contributed by atoms with Crippen LogP contribution in [0.1, 0.15) is 0 Å². The zero-order valence-corrected chi connectivity index (χ0v) is 43.4. The van der Waals surface area contributed by atoms with E-state index in [2.05, 4.69) is 326 Å². The van der Waals surface area contributed by atoms with E-state index in [0.717, 1.165) is 129 Å². The Morgan fingerprint density at radius 2 is 0.329 bits per heavy atom. The van der Waals surface area contributed by atoms with E-state index < -0.39 is 0 Å². The smallest absolute Gasteiger partial charge is 0.0794 e. The molecule has 0 aliphatic carbocycles. The molecule has 0 aliphatic rings. The van der Waals surface area contributed by atoms with Crippen LogP contribution in [-0.4, -0.2) is 9.97 Å². The van der Waals surface area contributed by atoms with Crippen molar-refractivity contribution in [2.45, 2.75) is 0 Å². The highest BCUT2D eigenvalue weighted by Gasteiger charge is 2.28. The summed E-state index contributed by atoms with van der Waals surface area (Å²) in [5, 5.41) is 0. The normalized spacial score (nSPS) is 11.0. The van der Waals surface area contributed by atoms with E-state index in [1.807, 2.05) is 0 Å². The number of nitrogens with zero attached hydrogens (tertiary/aromatic N) is 3. The number of benzene rings is 11. The van der Waals surface area contributed by atoms with Gasteiger partial charge in [0.15, 0.2) is 0 Å². The van der Waals surface area contributed by atoms with Gasteiger partial charge in [-0.25, -0.2) is 9.97 Å². The molecule has 372 valence electrons. The van der Waals surface area contributed by atoms with Gasteiger partial charge >= 0.3 is 0 Å². The molecular weight excluding hydrogens is 955 g/mol. The van der Waals surface area contributed by atoms with E-state index in [0.29, 0.717) is 0 Å². The van der Waals surface area contributed by atoms with Crippen LogP contribution in [0.2, 0.25) is 0 Å². The van der Waals surface area contributed by atoms with Crippen molar-refractivity contribution in [3.63, 3.8) is 0 Å². The van der Waals surface area contributed by atoms with Gasteiger partial charge < -0.3 is 4.90 Å². The summed E-state index contributed by atoms with van der Waals surface area (Å²) in [5.41, 5.74) is 24.2. The van der Waals surface area contributed by atoms with Crippen LogP contribution in [0.25, 0.3) is 112 Å². The maximum absolute atomic E-state index is 5.76. The predicted molar refractivity (Wildman–Crippen MR) is 331 cm³/mol. The number of rotatable bonds is 13. The Hall–Kier alpha value is -10.5. The lowest BCUT2D eigenvalue weighted by molar-refractivity contribution is 1.27. The Morgan fingerprint density at radius 1 is 0.152 bits per heavy atom. The van der Waals surface area contributed by atoms with Crippen LogP contribution in [0.15, 0.2) is 322 Å². The fourth-order valence-electron chi connectivity index (χ4n) is 11.1. The first kappa shape index (κ1) is 48.2. The molecule has 2 heterocycles. The Labute approximate surface area is 462 Å². The van der Waals surface area contributed by atoms with Crippen molar-refractivity contribution >= 4 is 17.1 Å². The lowest BCUT2D eigenvalue weighted by Gasteiger charge is -2.27. The first-order valence-corrected chi connectivity index (χ1v) is 26.9. The molecule has 0 saturated heterocycles. The second kappa shape index (κ2) is 22.0. The molecule has 0 bridgehead atoms. The van der Waals surface area contributed by atoms with Crippen LogP contribution in [-0.2, 0) is 0 Å². The molecule has 3 heteroatoms. The lowest BCUT2D eigenvalue weighted by Crippen LogP contribution is -2.10. The van der Waals surface area contributed by atoms with Crippen molar-refractivity contribution in [2.75, 3.05) is 4.90 Å². The Balaban J connectivity index is 0.988. The van der Waals surface area contributed by atoms with Gasteiger partial charge in [0, 0.05) is 72.7 Å². The molecule has 0 amide bonds. The molecule has 0 N–H and O–H groups in total. The minimum absolute atomic E-state index is 0.912. The Morgan fingerprint density at radius 3 is 0.570 bits per heavy atom. The quantitative estimate of drug-likeness (QED) is 0.115. The molecule has 0 unspecified atom stereocenters. The number of para-hydroxylation sites is 1. The van der Waals surface area contributed by atoms with Crippen LogP contribution in [0.3, 0.4) is 0 Å². The molecule has 0 aliphatic heterocycles. The van der Waals surface area contributed by atoms with Crippen molar-refractivity contribution in [1.82, 2.24) is 9.97 Å². The summed E-state index contributed by atoms with van der Waals surface area (Å²) in [7, 11) is 0. The zero-order valence-electron chi connectivity index (χ0n) is 43.4. The summed E-state index contributed by atoms with van der Waals surface area (Å²) in [6.45, 7) is 0. The summed E-state index contributed by atoms with van der Waals surface area (Å²) >= 11 is 0. The first-order chi connectivity index (χ1) is 39.2. The average molecular weight is 1010 g/mol. The topological polar surface area (TPSA) is 29.0 Å². The van der Waals surface area contributed by atoms with Crippen molar-refractivity contribution in [1.29, 1.82) is 0 Å². The van der Waals surface area contributed by atoms with Crippen molar-refractivity contribution < 1.29 is 0 Å². The number of hydrogen-bond donors (Lipinski definition) is 0. The molecule has 3 nitrogen and oxygen atoms in total. The fraction of sp³-hybridized carbons (Fsp3) is 0. The first-order valence-electron chi connectivity index (χ1n) is 26.9. The highest BCUT2D eigenvalue weighted by Crippen LogP contribution is 2.51. The van der Waals surface area contributed by atoms with Gasteiger partial charge in [-0.05, 0) is 69.8 Å². The van der Waals surface area contributed by atoms with Crippen molar-refractivity contribution in [3.05, 3.63) is 322 Å². The highest BCUT2D eigenvalue weighted by molar-refractivity contribution is 6.07. The largest absolute Gasteiger partial charge is 0.311 e. The van der Waals surface area contributed by atoms with Gasteiger partial charge in [0.1, 0.15) is 0 Å². The van der Waals surface area contributed by atoms with Crippen LogP contribution in [0.5, 0.6) is 0 Å².